The summed E-state index contributed by atoms with van der Waals surface area (Å²) in [5.41, 5.74) is 0. The third kappa shape index (κ3) is 10.9. The standard InChI is InChI=1S/C6H14.Na.H/c1-4-5-6(2)3;;/h6H,4-5H2,1-3H3;;. The molecule has 0 fully saturated rings. The fourth-order valence-electron chi connectivity index (χ4n) is 0.577. The Morgan fingerprint density at radius 2 is 1.71 bits per heavy atom. The van der Waals surface area contributed by atoms with Gasteiger partial charge in [-0.2, -0.15) is 0 Å². The van der Waals surface area contributed by atoms with E-state index in [9.17, 15) is 0 Å². The molecule has 0 spiro atoms. The SMILES string of the molecule is CCCC(C)C.[NaH]. The predicted molar refractivity (Wildman–Crippen MR) is 36.9 cm³/mol. The van der Waals surface area contributed by atoms with Crippen LogP contribution in [0.5, 0.6) is 0 Å². The molecule has 0 aromatic heterocycles. The third-order valence-electron chi connectivity index (χ3n) is 0.866. The summed E-state index contributed by atoms with van der Waals surface area (Å²) in [4.78, 5) is 0. The van der Waals surface area contributed by atoms with Gasteiger partial charge in [-0.05, 0) is 5.92 Å². The molecule has 0 heterocycles. The molecule has 0 aliphatic rings. The molecule has 0 aromatic rings. The molecule has 0 unspecified atom stereocenters. The van der Waals surface area contributed by atoms with Crippen molar-refractivity contribution < 1.29 is 0 Å². The molecular weight excluding hydrogens is 95.1 g/mol. The van der Waals surface area contributed by atoms with Gasteiger partial charge in [0.1, 0.15) is 0 Å². The van der Waals surface area contributed by atoms with Crippen molar-refractivity contribution in [1.82, 2.24) is 0 Å². The van der Waals surface area contributed by atoms with Gasteiger partial charge in [-0.1, -0.05) is 33.6 Å². The number of rotatable bonds is 2. The molecule has 0 saturated heterocycles. The molecular formula is C6H15Na. The first-order chi connectivity index (χ1) is 2.77. The summed E-state index contributed by atoms with van der Waals surface area (Å²) in [5, 5.41) is 0. The molecule has 0 radical (unpaired) electrons. The van der Waals surface area contributed by atoms with Gasteiger partial charge in [0.2, 0.25) is 0 Å². The Balaban J connectivity index is 0. The minimum atomic E-state index is 0. The van der Waals surface area contributed by atoms with Crippen molar-refractivity contribution in [1.29, 1.82) is 0 Å². The van der Waals surface area contributed by atoms with Crippen LogP contribution in [0.1, 0.15) is 33.6 Å². The summed E-state index contributed by atoms with van der Waals surface area (Å²) >= 11 is 0. The van der Waals surface area contributed by atoms with E-state index in [1.807, 2.05) is 0 Å². The summed E-state index contributed by atoms with van der Waals surface area (Å²) in [6, 6.07) is 0. The van der Waals surface area contributed by atoms with Gasteiger partial charge in [0, 0.05) is 0 Å². The van der Waals surface area contributed by atoms with Gasteiger partial charge >= 0.3 is 29.6 Å². The van der Waals surface area contributed by atoms with Crippen LogP contribution in [-0.4, -0.2) is 29.6 Å². The molecule has 0 rings (SSSR count). The van der Waals surface area contributed by atoms with Crippen molar-refractivity contribution in [2.24, 2.45) is 5.92 Å². The summed E-state index contributed by atoms with van der Waals surface area (Å²) < 4.78 is 0. The Hall–Kier alpha value is 1.00. The number of hydrogen-bond acceptors (Lipinski definition) is 0. The molecule has 0 aromatic carbocycles. The minimum absolute atomic E-state index is 0. The second kappa shape index (κ2) is 7.00. The quantitative estimate of drug-likeness (QED) is 0.475. The van der Waals surface area contributed by atoms with Crippen molar-refractivity contribution in [3.63, 3.8) is 0 Å². The Bertz CT molecular complexity index is 25.4. The van der Waals surface area contributed by atoms with E-state index in [1.54, 1.807) is 0 Å². The second-order valence-electron chi connectivity index (χ2n) is 2.18. The topological polar surface area (TPSA) is 0 Å². The van der Waals surface area contributed by atoms with Crippen LogP contribution in [0, 0.1) is 5.92 Å². The maximum absolute atomic E-state index is 2.25. The fourth-order valence-corrected chi connectivity index (χ4v) is 0.577. The van der Waals surface area contributed by atoms with E-state index >= 15 is 0 Å². The van der Waals surface area contributed by atoms with E-state index < -0.39 is 0 Å². The van der Waals surface area contributed by atoms with Crippen molar-refractivity contribution in [3.05, 3.63) is 0 Å². The van der Waals surface area contributed by atoms with Crippen molar-refractivity contribution in [3.8, 4) is 0 Å². The summed E-state index contributed by atoms with van der Waals surface area (Å²) in [6.07, 6.45) is 2.71. The van der Waals surface area contributed by atoms with E-state index in [-0.39, 0.29) is 29.6 Å². The number of hydrogen-bond donors (Lipinski definition) is 0. The van der Waals surface area contributed by atoms with E-state index in [4.69, 9.17) is 0 Å². The van der Waals surface area contributed by atoms with Crippen LogP contribution in [0.2, 0.25) is 0 Å². The summed E-state index contributed by atoms with van der Waals surface area (Å²) in [6.45, 7) is 6.73. The molecule has 0 atom stereocenters. The molecule has 7 heavy (non-hydrogen) atoms. The van der Waals surface area contributed by atoms with Crippen LogP contribution in [0.3, 0.4) is 0 Å². The van der Waals surface area contributed by atoms with Crippen molar-refractivity contribution >= 4 is 29.6 Å². The molecule has 40 valence electrons. The van der Waals surface area contributed by atoms with Gasteiger partial charge in [-0.3, -0.25) is 0 Å². The molecule has 0 nitrogen and oxygen atoms in total. The molecule has 0 bridgehead atoms. The molecule has 0 saturated carbocycles. The first kappa shape index (κ1) is 10.9. The fraction of sp³-hybridized carbons (Fsp3) is 1.00. The normalized spacial score (nSPS) is 8.57. The maximum atomic E-state index is 2.25. The van der Waals surface area contributed by atoms with Gasteiger partial charge in [-0.25, -0.2) is 0 Å². The molecule has 0 N–H and O–H groups in total. The van der Waals surface area contributed by atoms with Crippen molar-refractivity contribution in [2.45, 2.75) is 33.6 Å². The molecule has 0 aliphatic heterocycles. The van der Waals surface area contributed by atoms with E-state index in [0.29, 0.717) is 0 Å². The van der Waals surface area contributed by atoms with Gasteiger partial charge in [0.15, 0.2) is 0 Å². The third-order valence-corrected chi connectivity index (χ3v) is 0.866. The predicted octanol–water partition coefficient (Wildman–Crippen LogP) is 1.79. The van der Waals surface area contributed by atoms with Crippen LogP contribution in [-0.2, 0) is 0 Å². The van der Waals surface area contributed by atoms with Crippen molar-refractivity contribution in [2.75, 3.05) is 0 Å². The second-order valence-corrected chi connectivity index (χ2v) is 2.18. The average Bonchev–Trinajstić information content (AvgIpc) is 1.35. The zero-order valence-corrected chi connectivity index (χ0v) is 4.99. The van der Waals surface area contributed by atoms with Gasteiger partial charge in [0.25, 0.3) is 0 Å². The van der Waals surface area contributed by atoms with Crippen LogP contribution in [0.15, 0.2) is 0 Å². The first-order valence-electron chi connectivity index (χ1n) is 2.77. The van der Waals surface area contributed by atoms with Crippen LogP contribution < -0.4 is 0 Å². The monoisotopic (exact) mass is 110 g/mol. The van der Waals surface area contributed by atoms with E-state index in [2.05, 4.69) is 20.8 Å². The summed E-state index contributed by atoms with van der Waals surface area (Å²) in [7, 11) is 0. The summed E-state index contributed by atoms with van der Waals surface area (Å²) in [5.74, 6) is 0.898. The van der Waals surface area contributed by atoms with E-state index in [1.165, 1.54) is 12.8 Å². The Morgan fingerprint density at radius 1 is 1.29 bits per heavy atom. The zero-order chi connectivity index (χ0) is 4.99. The average molecular weight is 110 g/mol. The van der Waals surface area contributed by atoms with Crippen LogP contribution in [0.4, 0.5) is 0 Å². The zero-order valence-electron chi connectivity index (χ0n) is 4.99. The molecule has 1 heteroatoms. The van der Waals surface area contributed by atoms with Gasteiger partial charge in [-0.15, -0.1) is 0 Å². The Kier molecular flexibility index (Phi) is 10.9. The Labute approximate surface area is 69.0 Å². The van der Waals surface area contributed by atoms with E-state index in [0.717, 1.165) is 5.92 Å². The van der Waals surface area contributed by atoms with Crippen LogP contribution in [0.25, 0.3) is 0 Å². The van der Waals surface area contributed by atoms with Crippen LogP contribution >= 0.6 is 0 Å². The van der Waals surface area contributed by atoms with Gasteiger partial charge in [0.05, 0.1) is 0 Å². The van der Waals surface area contributed by atoms with Gasteiger partial charge < -0.3 is 0 Å². The first-order valence-corrected chi connectivity index (χ1v) is 2.77. The Morgan fingerprint density at radius 3 is 1.71 bits per heavy atom. The molecule has 0 aliphatic carbocycles. The molecule has 0 amide bonds.